The maximum atomic E-state index is 9.89. The second kappa shape index (κ2) is 8.13. The predicted octanol–water partition coefficient (Wildman–Crippen LogP) is 2.78. The number of hydrogen-bond acceptors (Lipinski definition) is 4. The first-order valence-electron chi connectivity index (χ1n) is 7.14. The molecule has 5 heteroatoms. The van der Waals surface area contributed by atoms with Crippen molar-refractivity contribution in [2.75, 3.05) is 32.2 Å². The first kappa shape index (κ1) is 18.4. The second-order valence-corrected chi connectivity index (χ2v) is 7.28. The molecule has 0 aliphatic heterocycles. The third-order valence-electron chi connectivity index (χ3n) is 3.11. The van der Waals surface area contributed by atoms with Crippen molar-refractivity contribution in [3.63, 3.8) is 0 Å². The number of aliphatic hydroxyl groups excluding tert-OH is 1. The highest BCUT2D eigenvalue weighted by Crippen LogP contribution is 2.24. The SMILES string of the molecule is COCC(O)CN(C)c1ccc(Br)cc1CNC(C)(C)C. The molecule has 4 nitrogen and oxygen atoms in total. The Morgan fingerprint density at radius 2 is 2.05 bits per heavy atom. The van der Waals surface area contributed by atoms with Crippen molar-refractivity contribution in [1.29, 1.82) is 0 Å². The van der Waals surface area contributed by atoms with E-state index in [9.17, 15) is 5.11 Å². The number of ether oxygens (including phenoxy) is 1. The predicted molar refractivity (Wildman–Crippen MR) is 91.9 cm³/mol. The lowest BCUT2D eigenvalue weighted by Crippen LogP contribution is -2.36. The van der Waals surface area contributed by atoms with Gasteiger partial charge in [-0.15, -0.1) is 0 Å². The van der Waals surface area contributed by atoms with E-state index in [-0.39, 0.29) is 5.54 Å². The lowest BCUT2D eigenvalue weighted by atomic mass is 10.1. The van der Waals surface area contributed by atoms with Crippen molar-refractivity contribution in [3.05, 3.63) is 28.2 Å². The molecule has 21 heavy (non-hydrogen) atoms. The number of likely N-dealkylation sites (N-methyl/N-ethyl adjacent to an activating group) is 1. The highest BCUT2D eigenvalue weighted by molar-refractivity contribution is 9.10. The van der Waals surface area contributed by atoms with Crippen LogP contribution in [0.1, 0.15) is 26.3 Å². The maximum absolute atomic E-state index is 9.89. The van der Waals surface area contributed by atoms with Gasteiger partial charge in [-0.1, -0.05) is 15.9 Å². The van der Waals surface area contributed by atoms with Gasteiger partial charge in [-0.05, 0) is 44.5 Å². The fraction of sp³-hybridized carbons (Fsp3) is 0.625. The first-order chi connectivity index (χ1) is 9.73. The van der Waals surface area contributed by atoms with E-state index in [1.807, 2.05) is 13.1 Å². The summed E-state index contributed by atoms with van der Waals surface area (Å²) in [6.07, 6.45) is -0.493. The third kappa shape index (κ3) is 6.78. The topological polar surface area (TPSA) is 44.7 Å². The summed E-state index contributed by atoms with van der Waals surface area (Å²) in [6.45, 7) is 8.11. The Morgan fingerprint density at radius 1 is 1.38 bits per heavy atom. The summed E-state index contributed by atoms with van der Waals surface area (Å²) >= 11 is 3.53. The summed E-state index contributed by atoms with van der Waals surface area (Å²) < 4.78 is 6.04. The van der Waals surface area contributed by atoms with Crippen LogP contribution in [0.5, 0.6) is 0 Å². The molecule has 0 heterocycles. The standard InChI is InChI=1S/C16H27BrN2O2/c1-16(2,3)18-9-12-8-13(17)6-7-15(12)19(4)10-14(20)11-21-5/h6-8,14,18,20H,9-11H2,1-5H3. The van der Waals surface area contributed by atoms with E-state index >= 15 is 0 Å². The van der Waals surface area contributed by atoms with Gasteiger partial charge in [-0.2, -0.15) is 0 Å². The number of rotatable bonds is 7. The van der Waals surface area contributed by atoms with Crippen LogP contribution in [0.2, 0.25) is 0 Å². The monoisotopic (exact) mass is 358 g/mol. The van der Waals surface area contributed by atoms with Gasteiger partial charge in [0.1, 0.15) is 0 Å². The number of halogens is 1. The van der Waals surface area contributed by atoms with Crippen molar-refractivity contribution in [3.8, 4) is 0 Å². The fourth-order valence-corrected chi connectivity index (χ4v) is 2.50. The zero-order valence-electron chi connectivity index (χ0n) is 13.6. The highest BCUT2D eigenvalue weighted by atomic mass is 79.9. The Labute approximate surface area is 136 Å². The smallest absolute Gasteiger partial charge is 0.0947 e. The molecular formula is C16H27BrN2O2. The fourth-order valence-electron chi connectivity index (χ4n) is 2.09. The van der Waals surface area contributed by atoms with Crippen molar-refractivity contribution >= 4 is 21.6 Å². The number of methoxy groups -OCH3 is 1. The molecular weight excluding hydrogens is 332 g/mol. The van der Waals surface area contributed by atoms with Gasteiger partial charge in [0.2, 0.25) is 0 Å². The summed E-state index contributed by atoms with van der Waals surface area (Å²) in [5.41, 5.74) is 2.38. The van der Waals surface area contributed by atoms with Gasteiger partial charge in [0, 0.05) is 42.9 Å². The molecule has 120 valence electrons. The third-order valence-corrected chi connectivity index (χ3v) is 3.60. The van der Waals surface area contributed by atoms with Crippen LogP contribution < -0.4 is 10.2 Å². The van der Waals surface area contributed by atoms with E-state index in [2.05, 4.69) is 59.1 Å². The molecule has 0 bridgehead atoms. The Balaban J connectivity index is 2.85. The van der Waals surface area contributed by atoms with E-state index in [1.54, 1.807) is 7.11 Å². The first-order valence-corrected chi connectivity index (χ1v) is 7.94. The Morgan fingerprint density at radius 3 is 2.62 bits per heavy atom. The van der Waals surface area contributed by atoms with Crippen LogP contribution in [-0.4, -0.2) is 44.1 Å². The molecule has 1 rings (SSSR count). The lowest BCUT2D eigenvalue weighted by Gasteiger charge is -2.27. The minimum atomic E-state index is -0.493. The summed E-state index contributed by atoms with van der Waals surface area (Å²) in [5.74, 6) is 0. The van der Waals surface area contributed by atoms with Crippen LogP contribution in [0.25, 0.3) is 0 Å². The molecule has 0 saturated carbocycles. The lowest BCUT2D eigenvalue weighted by molar-refractivity contribution is 0.0695. The van der Waals surface area contributed by atoms with Gasteiger partial charge in [-0.25, -0.2) is 0 Å². The largest absolute Gasteiger partial charge is 0.389 e. The molecule has 1 unspecified atom stereocenters. The highest BCUT2D eigenvalue weighted by Gasteiger charge is 2.15. The van der Waals surface area contributed by atoms with Crippen LogP contribution in [0.3, 0.4) is 0 Å². The molecule has 0 aliphatic rings. The van der Waals surface area contributed by atoms with E-state index < -0.39 is 6.10 Å². The normalized spacial score (nSPS) is 13.3. The van der Waals surface area contributed by atoms with Crippen molar-refractivity contribution < 1.29 is 9.84 Å². The molecule has 0 aromatic heterocycles. The molecule has 0 amide bonds. The summed E-state index contributed by atoms with van der Waals surface area (Å²) in [5, 5.41) is 13.4. The van der Waals surface area contributed by atoms with Gasteiger partial charge >= 0.3 is 0 Å². The van der Waals surface area contributed by atoms with Crippen LogP contribution in [-0.2, 0) is 11.3 Å². The van der Waals surface area contributed by atoms with E-state index in [0.29, 0.717) is 13.2 Å². The molecule has 0 aliphatic carbocycles. The minimum absolute atomic E-state index is 0.0632. The van der Waals surface area contributed by atoms with Crippen LogP contribution in [0.4, 0.5) is 5.69 Å². The van der Waals surface area contributed by atoms with Crippen molar-refractivity contribution in [2.45, 2.75) is 39.0 Å². The summed E-state index contributed by atoms with van der Waals surface area (Å²) in [7, 11) is 3.59. The molecule has 0 fully saturated rings. The number of hydrogen-bond donors (Lipinski definition) is 2. The average Bonchev–Trinajstić information content (AvgIpc) is 2.35. The summed E-state index contributed by atoms with van der Waals surface area (Å²) in [4.78, 5) is 2.07. The van der Waals surface area contributed by atoms with E-state index in [4.69, 9.17) is 4.74 Å². The van der Waals surface area contributed by atoms with Crippen LogP contribution in [0.15, 0.2) is 22.7 Å². The Kier molecular flexibility index (Phi) is 7.13. The van der Waals surface area contributed by atoms with Gasteiger partial charge < -0.3 is 20.1 Å². The number of nitrogens with one attached hydrogen (secondary N) is 1. The molecule has 0 spiro atoms. The average molecular weight is 359 g/mol. The summed E-state index contributed by atoms with van der Waals surface area (Å²) in [6, 6.07) is 6.21. The quantitative estimate of drug-likeness (QED) is 0.786. The molecule has 0 radical (unpaired) electrons. The van der Waals surface area contributed by atoms with Gasteiger partial charge in [0.25, 0.3) is 0 Å². The second-order valence-electron chi connectivity index (χ2n) is 6.37. The number of nitrogens with zero attached hydrogens (tertiary/aromatic N) is 1. The number of benzene rings is 1. The van der Waals surface area contributed by atoms with Crippen molar-refractivity contribution in [1.82, 2.24) is 5.32 Å². The van der Waals surface area contributed by atoms with E-state index in [0.717, 1.165) is 16.7 Å². The zero-order chi connectivity index (χ0) is 16.0. The van der Waals surface area contributed by atoms with Gasteiger partial charge in [-0.3, -0.25) is 0 Å². The zero-order valence-corrected chi connectivity index (χ0v) is 15.2. The maximum Gasteiger partial charge on any atom is 0.0947 e. The Bertz CT molecular complexity index is 446. The van der Waals surface area contributed by atoms with Crippen LogP contribution >= 0.6 is 15.9 Å². The van der Waals surface area contributed by atoms with Crippen molar-refractivity contribution in [2.24, 2.45) is 0 Å². The minimum Gasteiger partial charge on any atom is -0.389 e. The van der Waals surface area contributed by atoms with Gasteiger partial charge in [0.05, 0.1) is 12.7 Å². The van der Waals surface area contributed by atoms with Crippen LogP contribution in [0, 0.1) is 0 Å². The molecule has 0 saturated heterocycles. The molecule has 2 N–H and O–H groups in total. The molecule has 1 aromatic carbocycles. The molecule has 1 atom stereocenters. The van der Waals surface area contributed by atoms with E-state index in [1.165, 1.54) is 5.56 Å². The number of aliphatic hydroxyl groups is 1. The van der Waals surface area contributed by atoms with Gasteiger partial charge in [0.15, 0.2) is 0 Å². The number of anilines is 1. The Hall–Kier alpha value is -0.620. The molecule has 1 aromatic rings.